The Bertz CT molecular complexity index is 1470. The third kappa shape index (κ3) is 5.89. The first-order valence-electron chi connectivity index (χ1n) is 11.4. The number of rotatable bonds is 7. The zero-order valence-corrected chi connectivity index (χ0v) is 22.0. The smallest absolute Gasteiger partial charge is 0.261 e. The summed E-state index contributed by atoms with van der Waals surface area (Å²) in [6, 6.07) is 16.5. The molecule has 3 aromatic carbocycles. The summed E-state index contributed by atoms with van der Waals surface area (Å²) in [7, 11) is -7.53. The molecule has 1 aliphatic rings. The summed E-state index contributed by atoms with van der Waals surface area (Å²) in [6.07, 6.45) is 2.64. The minimum atomic E-state index is -3.84. The summed E-state index contributed by atoms with van der Waals surface area (Å²) in [4.78, 5) is 13.1. The highest BCUT2D eigenvalue weighted by atomic mass is 35.5. The molecule has 3 aromatic rings. The number of nitrogens with zero attached hydrogens (tertiary/aromatic N) is 1. The number of hydrogen-bond acceptors (Lipinski definition) is 5. The van der Waals surface area contributed by atoms with Crippen LogP contribution in [-0.4, -0.2) is 40.1 Å². The third-order valence-corrected chi connectivity index (χ3v) is 9.47. The van der Waals surface area contributed by atoms with Gasteiger partial charge in [0.05, 0.1) is 9.79 Å². The van der Waals surface area contributed by atoms with Gasteiger partial charge < -0.3 is 5.32 Å². The van der Waals surface area contributed by atoms with Crippen LogP contribution in [0, 0.1) is 6.92 Å². The molecule has 8 nitrogen and oxygen atoms in total. The lowest BCUT2D eigenvalue weighted by atomic mass is 10.1. The van der Waals surface area contributed by atoms with Crippen LogP contribution in [-0.2, 0) is 20.0 Å². The standard InChI is InChI=1S/C25H26ClN3O5S2/c1-18-5-12-23(36(33,34)29-15-3-2-4-16-29)17-24(18)25(30)27-20-10-13-22(14-11-20)35(31,32)28-21-8-6-19(26)7-9-21/h5-14,17,28H,2-4,15-16H2,1H3,(H,27,30). The number of benzene rings is 3. The summed E-state index contributed by atoms with van der Waals surface area (Å²) in [5.41, 5.74) is 1.59. The molecule has 1 amide bonds. The number of hydrogen-bond donors (Lipinski definition) is 2. The lowest BCUT2D eigenvalue weighted by Gasteiger charge is -2.26. The van der Waals surface area contributed by atoms with Crippen LogP contribution >= 0.6 is 11.6 Å². The van der Waals surface area contributed by atoms with E-state index >= 15 is 0 Å². The lowest BCUT2D eigenvalue weighted by molar-refractivity contribution is 0.102. The quantitative estimate of drug-likeness (QED) is 0.438. The van der Waals surface area contributed by atoms with Crippen LogP contribution < -0.4 is 10.0 Å². The Morgan fingerprint density at radius 3 is 2.03 bits per heavy atom. The third-order valence-electron chi connectivity index (χ3n) is 5.93. The molecular formula is C25H26ClN3O5S2. The van der Waals surface area contributed by atoms with Gasteiger partial charge in [-0.3, -0.25) is 9.52 Å². The van der Waals surface area contributed by atoms with Gasteiger partial charge in [0.2, 0.25) is 10.0 Å². The number of carbonyl (C=O) groups excluding carboxylic acids is 1. The van der Waals surface area contributed by atoms with Crippen molar-refractivity contribution < 1.29 is 21.6 Å². The fourth-order valence-corrected chi connectivity index (χ4v) is 6.64. The highest BCUT2D eigenvalue weighted by Crippen LogP contribution is 2.24. The van der Waals surface area contributed by atoms with Gasteiger partial charge in [-0.05, 0) is 86.0 Å². The summed E-state index contributed by atoms with van der Waals surface area (Å²) in [5, 5.41) is 3.20. The van der Waals surface area contributed by atoms with Crippen molar-refractivity contribution in [1.29, 1.82) is 0 Å². The van der Waals surface area contributed by atoms with E-state index in [1.54, 1.807) is 37.3 Å². The summed E-state index contributed by atoms with van der Waals surface area (Å²) < 4.78 is 55.3. The molecular weight excluding hydrogens is 522 g/mol. The van der Waals surface area contributed by atoms with Gasteiger partial charge >= 0.3 is 0 Å². The number of piperidine rings is 1. The van der Waals surface area contributed by atoms with Crippen LogP contribution in [0.15, 0.2) is 76.5 Å². The van der Waals surface area contributed by atoms with Crippen molar-refractivity contribution in [2.45, 2.75) is 36.0 Å². The molecule has 2 N–H and O–H groups in total. The van der Waals surface area contributed by atoms with Gasteiger partial charge in [-0.15, -0.1) is 0 Å². The van der Waals surface area contributed by atoms with E-state index in [0.717, 1.165) is 19.3 Å². The molecule has 0 bridgehead atoms. The van der Waals surface area contributed by atoms with Crippen molar-refractivity contribution in [3.05, 3.63) is 82.9 Å². The minimum absolute atomic E-state index is 0.0150. The predicted octanol–water partition coefficient (Wildman–Crippen LogP) is 4.88. The Balaban J connectivity index is 1.49. The molecule has 0 aromatic heterocycles. The van der Waals surface area contributed by atoms with Gasteiger partial charge in [0.25, 0.3) is 15.9 Å². The van der Waals surface area contributed by atoms with E-state index in [9.17, 15) is 21.6 Å². The van der Waals surface area contributed by atoms with Crippen molar-refractivity contribution in [2.75, 3.05) is 23.1 Å². The second-order valence-electron chi connectivity index (χ2n) is 8.53. The Morgan fingerprint density at radius 1 is 0.806 bits per heavy atom. The average Bonchev–Trinajstić information content (AvgIpc) is 2.86. The number of aryl methyl sites for hydroxylation is 1. The Labute approximate surface area is 216 Å². The van der Waals surface area contributed by atoms with Gasteiger partial charge in [0, 0.05) is 35.1 Å². The maximum atomic E-state index is 13.0. The van der Waals surface area contributed by atoms with Crippen molar-refractivity contribution >= 4 is 48.9 Å². The van der Waals surface area contributed by atoms with E-state index in [2.05, 4.69) is 10.0 Å². The number of anilines is 2. The maximum Gasteiger partial charge on any atom is 0.261 e. The number of sulfonamides is 2. The highest BCUT2D eigenvalue weighted by Gasteiger charge is 2.27. The Hall–Kier alpha value is -2.92. The van der Waals surface area contributed by atoms with E-state index in [-0.39, 0.29) is 15.4 Å². The zero-order valence-electron chi connectivity index (χ0n) is 19.6. The normalized spacial score (nSPS) is 14.8. The molecule has 4 rings (SSSR count). The van der Waals surface area contributed by atoms with Crippen LogP contribution in [0.3, 0.4) is 0 Å². The molecule has 190 valence electrons. The monoisotopic (exact) mass is 547 g/mol. The van der Waals surface area contributed by atoms with Gasteiger partial charge in [-0.25, -0.2) is 16.8 Å². The van der Waals surface area contributed by atoms with Gasteiger partial charge in [-0.1, -0.05) is 24.1 Å². The van der Waals surface area contributed by atoms with Crippen molar-refractivity contribution in [3.8, 4) is 0 Å². The fourth-order valence-electron chi connectivity index (χ4n) is 3.91. The van der Waals surface area contributed by atoms with Crippen molar-refractivity contribution in [1.82, 2.24) is 4.31 Å². The van der Waals surface area contributed by atoms with Crippen LogP contribution in [0.1, 0.15) is 35.2 Å². The topological polar surface area (TPSA) is 113 Å². The largest absolute Gasteiger partial charge is 0.322 e. The molecule has 0 aliphatic carbocycles. The summed E-state index contributed by atoms with van der Waals surface area (Å²) >= 11 is 5.84. The average molecular weight is 548 g/mol. The summed E-state index contributed by atoms with van der Waals surface area (Å²) in [5.74, 6) is -0.488. The Morgan fingerprint density at radius 2 is 1.39 bits per heavy atom. The van der Waals surface area contributed by atoms with Crippen molar-refractivity contribution in [2.24, 2.45) is 0 Å². The first-order valence-corrected chi connectivity index (χ1v) is 14.7. The molecule has 0 unspecified atom stereocenters. The predicted molar refractivity (Wildman–Crippen MR) is 140 cm³/mol. The molecule has 0 spiro atoms. The van der Waals surface area contributed by atoms with Crippen molar-refractivity contribution in [3.63, 3.8) is 0 Å². The van der Waals surface area contributed by atoms with Crippen LogP contribution in [0.5, 0.6) is 0 Å². The first kappa shape index (κ1) is 26.2. The molecule has 0 radical (unpaired) electrons. The first-order chi connectivity index (χ1) is 17.1. The minimum Gasteiger partial charge on any atom is -0.322 e. The summed E-state index contributed by atoms with van der Waals surface area (Å²) in [6.45, 7) is 2.67. The van der Waals surface area contributed by atoms with Crippen LogP contribution in [0.4, 0.5) is 11.4 Å². The molecule has 1 aliphatic heterocycles. The second kappa shape index (κ2) is 10.6. The maximum absolute atomic E-state index is 13.0. The molecule has 0 atom stereocenters. The SMILES string of the molecule is Cc1ccc(S(=O)(=O)N2CCCCC2)cc1C(=O)Nc1ccc(S(=O)(=O)Nc2ccc(Cl)cc2)cc1. The van der Waals surface area contributed by atoms with Crippen LogP contribution in [0.25, 0.3) is 0 Å². The number of nitrogens with one attached hydrogen (secondary N) is 2. The molecule has 0 saturated carbocycles. The zero-order chi connectivity index (χ0) is 25.9. The van der Waals surface area contributed by atoms with Gasteiger partial charge in [0.1, 0.15) is 0 Å². The number of carbonyl (C=O) groups is 1. The van der Waals surface area contributed by atoms with Gasteiger partial charge in [0.15, 0.2) is 0 Å². The van der Waals surface area contributed by atoms with Gasteiger partial charge in [-0.2, -0.15) is 4.31 Å². The molecule has 11 heteroatoms. The molecule has 1 fully saturated rings. The number of halogens is 1. The molecule has 1 saturated heterocycles. The number of amides is 1. The van der Waals surface area contributed by atoms with E-state index in [0.29, 0.717) is 35.1 Å². The lowest BCUT2D eigenvalue weighted by Crippen LogP contribution is -2.35. The molecule has 1 heterocycles. The fraction of sp³-hybridized carbons (Fsp3) is 0.240. The van der Waals surface area contributed by atoms with E-state index in [4.69, 9.17) is 11.6 Å². The van der Waals surface area contributed by atoms with E-state index in [1.165, 1.54) is 40.7 Å². The highest BCUT2D eigenvalue weighted by molar-refractivity contribution is 7.92. The van der Waals surface area contributed by atoms with E-state index < -0.39 is 26.0 Å². The Kier molecular flexibility index (Phi) is 7.70. The second-order valence-corrected chi connectivity index (χ2v) is 12.6. The van der Waals surface area contributed by atoms with E-state index in [1.807, 2.05) is 0 Å². The van der Waals surface area contributed by atoms with Crippen LogP contribution in [0.2, 0.25) is 5.02 Å². The molecule has 36 heavy (non-hydrogen) atoms.